The zero-order valence-corrected chi connectivity index (χ0v) is 16.3. The topological polar surface area (TPSA) is 90.7 Å². The summed E-state index contributed by atoms with van der Waals surface area (Å²) in [6.45, 7) is 4.60. The van der Waals surface area contributed by atoms with Crippen LogP contribution in [-0.2, 0) is 9.84 Å². The normalized spacial score (nSPS) is 13.5. The standard InChI is InChI=1S/C20H20N2O5S/c1-13(2)21-19-20(22-18(27-19)14-6-4-3-5-7-14)28(23,24)15-8-9-16-17(12-15)26-11-10-25-16/h3-9,12-13,21H,10-11H2,1-2H3. The van der Waals surface area contributed by atoms with Gasteiger partial charge in [-0.15, -0.1) is 0 Å². The summed E-state index contributed by atoms with van der Waals surface area (Å²) in [4.78, 5) is 4.37. The van der Waals surface area contributed by atoms with E-state index in [1.807, 2.05) is 44.2 Å². The molecule has 1 aliphatic rings. The molecular weight excluding hydrogens is 380 g/mol. The van der Waals surface area contributed by atoms with Crippen LogP contribution in [0.25, 0.3) is 11.5 Å². The Labute approximate surface area is 163 Å². The molecule has 3 aromatic rings. The second-order valence-electron chi connectivity index (χ2n) is 6.63. The molecule has 2 heterocycles. The van der Waals surface area contributed by atoms with Gasteiger partial charge in [0.15, 0.2) is 11.5 Å². The first-order valence-corrected chi connectivity index (χ1v) is 10.4. The van der Waals surface area contributed by atoms with Gasteiger partial charge < -0.3 is 19.2 Å². The fraction of sp³-hybridized carbons (Fsp3) is 0.250. The lowest BCUT2D eigenvalue weighted by Gasteiger charge is -2.18. The zero-order valence-electron chi connectivity index (χ0n) is 15.5. The third kappa shape index (κ3) is 3.43. The molecule has 1 aliphatic heterocycles. The summed E-state index contributed by atoms with van der Waals surface area (Å²) < 4.78 is 43.4. The summed E-state index contributed by atoms with van der Waals surface area (Å²) in [7, 11) is -3.94. The molecule has 8 heteroatoms. The number of anilines is 1. The predicted molar refractivity (Wildman–Crippen MR) is 104 cm³/mol. The van der Waals surface area contributed by atoms with Crippen molar-refractivity contribution in [3.05, 3.63) is 48.5 Å². The molecule has 28 heavy (non-hydrogen) atoms. The van der Waals surface area contributed by atoms with Crippen molar-refractivity contribution in [3.8, 4) is 23.0 Å². The summed E-state index contributed by atoms with van der Waals surface area (Å²) in [6.07, 6.45) is 0. The minimum Gasteiger partial charge on any atom is -0.486 e. The third-order valence-electron chi connectivity index (χ3n) is 4.12. The Balaban J connectivity index is 1.81. The van der Waals surface area contributed by atoms with Crippen LogP contribution in [0.1, 0.15) is 13.8 Å². The van der Waals surface area contributed by atoms with Gasteiger partial charge in [-0.3, -0.25) is 0 Å². The number of oxazole rings is 1. The SMILES string of the molecule is CC(C)Nc1oc(-c2ccccc2)nc1S(=O)(=O)c1ccc2c(c1)OCCO2. The lowest BCUT2D eigenvalue weighted by atomic mass is 10.2. The highest BCUT2D eigenvalue weighted by molar-refractivity contribution is 7.91. The van der Waals surface area contributed by atoms with Crippen molar-refractivity contribution in [1.82, 2.24) is 4.98 Å². The highest BCUT2D eigenvalue weighted by Crippen LogP contribution is 2.37. The van der Waals surface area contributed by atoms with E-state index in [0.717, 1.165) is 0 Å². The minimum absolute atomic E-state index is 0.0363. The molecular formula is C20H20N2O5S. The van der Waals surface area contributed by atoms with E-state index in [9.17, 15) is 8.42 Å². The molecule has 0 radical (unpaired) electrons. The van der Waals surface area contributed by atoms with Gasteiger partial charge >= 0.3 is 0 Å². The third-order valence-corrected chi connectivity index (χ3v) is 5.78. The first-order valence-electron chi connectivity index (χ1n) is 8.92. The maximum atomic E-state index is 13.3. The number of rotatable bonds is 5. The Kier molecular flexibility index (Phi) is 4.72. The highest BCUT2D eigenvalue weighted by atomic mass is 32.2. The summed E-state index contributed by atoms with van der Waals surface area (Å²) >= 11 is 0. The van der Waals surface area contributed by atoms with Crippen LogP contribution in [0, 0.1) is 0 Å². The van der Waals surface area contributed by atoms with Gasteiger partial charge in [-0.1, -0.05) is 18.2 Å². The number of hydrogen-bond donors (Lipinski definition) is 1. The Bertz CT molecular complexity index is 1090. The summed E-state index contributed by atoms with van der Waals surface area (Å²) in [5, 5.41) is 2.88. The fourth-order valence-electron chi connectivity index (χ4n) is 2.85. The minimum atomic E-state index is -3.94. The molecule has 0 saturated carbocycles. The van der Waals surface area contributed by atoms with Crippen LogP contribution < -0.4 is 14.8 Å². The number of ether oxygens (including phenoxy) is 2. The van der Waals surface area contributed by atoms with Gasteiger partial charge in [0.05, 0.1) is 4.90 Å². The van der Waals surface area contributed by atoms with E-state index in [0.29, 0.717) is 30.3 Å². The summed E-state index contributed by atoms with van der Waals surface area (Å²) in [5.41, 5.74) is 0.693. The zero-order chi connectivity index (χ0) is 19.7. The van der Waals surface area contributed by atoms with Gasteiger partial charge in [-0.25, -0.2) is 8.42 Å². The van der Waals surface area contributed by atoms with Crippen molar-refractivity contribution in [2.45, 2.75) is 29.8 Å². The molecule has 2 aromatic carbocycles. The van der Waals surface area contributed by atoms with Crippen molar-refractivity contribution in [1.29, 1.82) is 0 Å². The Morgan fingerprint density at radius 2 is 1.71 bits per heavy atom. The molecule has 0 amide bonds. The first-order chi connectivity index (χ1) is 13.4. The molecule has 0 fully saturated rings. The van der Waals surface area contributed by atoms with Crippen LogP contribution >= 0.6 is 0 Å². The average molecular weight is 400 g/mol. The second-order valence-corrected chi connectivity index (χ2v) is 8.49. The van der Waals surface area contributed by atoms with E-state index in [1.165, 1.54) is 12.1 Å². The van der Waals surface area contributed by atoms with E-state index in [-0.39, 0.29) is 27.7 Å². The predicted octanol–water partition coefficient (Wildman–Crippen LogP) is 3.77. The molecule has 0 spiro atoms. The highest BCUT2D eigenvalue weighted by Gasteiger charge is 2.30. The Hall–Kier alpha value is -3.00. The summed E-state index contributed by atoms with van der Waals surface area (Å²) in [6, 6.07) is 13.7. The quantitative estimate of drug-likeness (QED) is 0.697. The first kappa shape index (κ1) is 18.4. The van der Waals surface area contributed by atoms with Gasteiger partial charge in [-0.2, -0.15) is 4.98 Å². The largest absolute Gasteiger partial charge is 0.486 e. The molecule has 1 N–H and O–H groups in total. The van der Waals surface area contributed by atoms with Crippen molar-refractivity contribution < 1.29 is 22.3 Å². The fourth-order valence-corrected chi connectivity index (χ4v) is 4.13. The number of benzene rings is 2. The molecule has 0 bridgehead atoms. The van der Waals surface area contributed by atoms with Crippen molar-refractivity contribution in [2.75, 3.05) is 18.5 Å². The molecule has 0 saturated heterocycles. The maximum absolute atomic E-state index is 13.3. The molecule has 1 aromatic heterocycles. The smallest absolute Gasteiger partial charge is 0.234 e. The molecule has 0 unspecified atom stereocenters. The van der Waals surface area contributed by atoms with E-state index < -0.39 is 9.84 Å². The Morgan fingerprint density at radius 1 is 1.00 bits per heavy atom. The number of aromatic nitrogens is 1. The van der Waals surface area contributed by atoms with Gasteiger partial charge in [0, 0.05) is 17.7 Å². The molecule has 146 valence electrons. The van der Waals surface area contributed by atoms with Crippen molar-refractivity contribution >= 4 is 15.7 Å². The lowest BCUT2D eigenvalue weighted by molar-refractivity contribution is 0.171. The monoisotopic (exact) mass is 400 g/mol. The molecule has 7 nitrogen and oxygen atoms in total. The molecule has 0 atom stereocenters. The van der Waals surface area contributed by atoms with Crippen LogP contribution in [0.5, 0.6) is 11.5 Å². The van der Waals surface area contributed by atoms with Crippen molar-refractivity contribution in [3.63, 3.8) is 0 Å². The van der Waals surface area contributed by atoms with Crippen LogP contribution in [0.15, 0.2) is 62.9 Å². The van der Waals surface area contributed by atoms with E-state index in [4.69, 9.17) is 13.9 Å². The van der Waals surface area contributed by atoms with Crippen LogP contribution in [0.2, 0.25) is 0 Å². The van der Waals surface area contributed by atoms with Crippen molar-refractivity contribution in [2.24, 2.45) is 0 Å². The molecule has 0 aliphatic carbocycles. The number of sulfone groups is 1. The van der Waals surface area contributed by atoms with Gasteiger partial charge in [0.2, 0.25) is 26.6 Å². The summed E-state index contributed by atoms with van der Waals surface area (Å²) in [5.74, 6) is 1.27. The average Bonchev–Trinajstić information content (AvgIpc) is 3.12. The van der Waals surface area contributed by atoms with Gasteiger partial charge in [0.1, 0.15) is 13.2 Å². The number of fused-ring (bicyclic) bond motifs is 1. The number of nitrogens with one attached hydrogen (secondary N) is 1. The van der Waals surface area contributed by atoms with Gasteiger partial charge in [-0.05, 0) is 38.1 Å². The van der Waals surface area contributed by atoms with E-state index >= 15 is 0 Å². The van der Waals surface area contributed by atoms with Gasteiger partial charge in [0.25, 0.3) is 0 Å². The number of nitrogens with zero attached hydrogens (tertiary/aromatic N) is 1. The Morgan fingerprint density at radius 3 is 2.43 bits per heavy atom. The second kappa shape index (κ2) is 7.20. The number of hydrogen-bond acceptors (Lipinski definition) is 7. The van der Waals surface area contributed by atoms with E-state index in [2.05, 4.69) is 10.3 Å². The molecule has 4 rings (SSSR count). The van der Waals surface area contributed by atoms with Crippen LogP contribution in [0.3, 0.4) is 0 Å². The van der Waals surface area contributed by atoms with E-state index in [1.54, 1.807) is 6.07 Å². The maximum Gasteiger partial charge on any atom is 0.234 e. The van der Waals surface area contributed by atoms with Crippen LogP contribution in [-0.4, -0.2) is 32.7 Å². The van der Waals surface area contributed by atoms with Crippen LogP contribution in [0.4, 0.5) is 5.88 Å². The lowest BCUT2D eigenvalue weighted by Crippen LogP contribution is -2.16.